The average molecular weight is 808 g/mol. The summed E-state index contributed by atoms with van der Waals surface area (Å²) in [5, 5.41) is 4.73. The lowest BCUT2D eigenvalue weighted by atomic mass is 9.85. The van der Waals surface area contributed by atoms with Crippen LogP contribution in [0.1, 0.15) is 91.7 Å². The van der Waals surface area contributed by atoms with Crippen LogP contribution < -0.4 is 20.1 Å². The number of rotatable bonds is 7. The molecular formula is C37H48F3N7O8S. The second kappa shape index (κ2) is 15.4. The molecule has 6 rings (SSSR count). The van der Waals surface area contributed by atoms with Crippen molar-refractivity contribution in [3.8, 4) is 5.88 Å². The van der Waals surface area contributed by atoms with E-state index in [1.54, 1.807) is 26.8 Å². The molecule has 4 amide bonds. The summed E-state index contributed by atoms with van der Waals surface area (Å²) in [5.74, 6) is -4.35. The third-order valence-electron chi connectivity index (χ3n) is 10.6. The van der Waals surface area contributed by atoms with Gasteiger partial charge >= 0.3 is 12.3 Å². The van der Waals surface area contributed by atoms with Crippen LogP contribution in [-0.2, 0) is 35.3 Å². The van der Waals surface area contributed by atoms with E-state index in [-0.39, 0.29) is 29.9 Å². The fraction of sp³-hybridized carbons (Fsp3) is 0.649. The smallest absolute Gasteiger partial charge is 0.438 e. The van der Waals surface area contributed by atoms with Crippen molar-refractivity contribution in [2.24, 2.45) is 17.8 Å². The van der Waals surface area contributed by atoms with Gasteiger partial charge in [-0.15, -0.1) is 0 Å². The maximum Gasteiger partial charge on any atom is 0.438 e. The number of halogens is 3. The Morgan fingerprint density at radius 1 is 1.11 bits per heavy atom. The highest BCUT2D eigenvalue weighted by Crippen LogP contribution is 2.46. The van der Waals surface area contributed by atoms with Gasteiger partial charge in [-0.1, -0.05) is 32.4 Å². The number of amides is 4. The molecule has 7 atom stereocenters. The molecule has 7 unspecified atom stereocenters. The lowest BCUT2D eigenvalue weighted by Gasteiger charge is -2.34. The number of nitrogens with one attached hydrogen (secondary N) is 3. The van der Waals surface area contributed by atoms with Crippen molar-refractivity contribution in [3.05, 3.63) is 36.2 Å². The van der Waals surface area contributed by atoms with Crippen molar-refractivity contribution in [3.63, 3.8) is 0 Å². The largest absolute Gasteiger partial charge is 0.471 e. The Hall–Kier alpha value is -4.55. The molecule has 4 aliphatic rings. The van der Waals surface area contributed by atoms with Crippen LogP contribution in [0.2, 0.25) is 0 Å². The highest BCUT2D eigenvalue weighted by molar-refractivity contribution is 7.91. The van der Waals surface area contributed by atoms with Gasteiger partial charge in [0.15, 0.2) is 5.65 Å². The lowest BCUT2D eigenvalue weighted by Crippen LogP contribution is -2.59. The molecule has 19 heteroatoms. The van der Waals surface area contributed by atoms with Crippen molar-refractivity contribution in [1.29, 1.82) is 0 Å². The topological polar surface area (TPSA) is 199 Å². The number of hydrogen-bond acceptors (Lipinski definition) is 11. The minimum Gasteiger partial charge on any atom is -0.471 e. The molecule has 0 aromatic carbocycles. The molecule has 1 saturated heterocycles. The minimum absolute atomic E-state index is 0.0486. The molecule has 0 bridgehead atoms. The number of fused-ring (bicyclic) bond motifs is 3. The Balaban J connectivity index is 1.38. The van der Waals surface area contributed by atoms with Crippen LogP contribution in [0.25, 0.3) is 11.2 Å². The predicted octanol–water partition coefficient (Wildman–Crippen LogP) is 4.17. The molecule has 0 radical (unpaired) electrons. The quantitative estimate of drug-likeness (QED) is 0.340. The van der Waals surface area contributed by atoms with Crippen molar-refractivity contribution in [2.45, 2.75) is 127 Å². The third kappa shape index (κ3) is 9.18. The first-order chi connectivity index (χ1) is 26.2. The summed E-state index contributed by atoms with van der Waals surface area (Å²) >= 11 is 0. The van der Waals surface area contributed by atoms with Gasteiger partial charge in [0.1, 0.15) is 34.8 Å². The van der Waals surface area contributed by atoms with E-state index in [1.807, 2.05) is 19.9 Å². The number of carbonyl (C=O) groups excluding carboxylic acids is 4. The van der Waals surface area contributed by atoms with Gasteiger partial charge in [-0.05, 0) is 83.3 Å². The second-order valence-electron chi connectivity index (χ2n) is 16.3. The predicted molar refractivity (Wildman–Crippen MR) is 195 cm³/mol. The number of ether oxygens (including phenoxy) is 2. The van der Waals surface area contributed by atoms with Crippen molar-refractivity contribution in [2.75, 3.05) is 6.54 Å². The summed E-state index contributed by atoms with van der Waals surface area (Å²) in [6, 6.07) is 0.0721. The first kappa shape index (κ1) is 41.1. The summed E-state index contributed by atoms with van der Waals surface area (Å²) in [7, 11) is -4.00. The SMILES string of the molecule is CCC1CC(C)CCC=CC2CC2(C(=O)NS(=O)(=O)C2CC2)NC(=O)C2CC(Oc3nc4ncccc4nc3C(F)(F)F)CN2C(=O)C1NC(=O)OC(C)(C)C. The summed E-state index contributed by atoms with van der Waals surface area (Å²) < 4.78 is 82.1. The van der Waals surface area contributed by atoms with Gasteiger partial charge in [0.05, 0.1) is 11.8 Å². The number of sulfonamides is 1. The van der Waals surface area contributed by atoms with Crippen LogP contribution in [0.15, 0.2) is 30.5 Å². The Labute approximate surface area is 323 Å². The first-order valence-corrected chi connectivity index (χ1v) is 20.5. The van der Waals surface area contributed by atoms with Crippen LogP contribution in [0.3, 0.4) is 0 Å². The third-order valence-corrected chi connectivity index (χ3v) is 12.4. The van der Waals surface area contributed by atoms with Crippen molar-refractivity contribution < 1.29 is 50.2 Å². The Morgan fingerprint density at radius 2 is 1.84 bits per heavy atom. The van der Waals surface area contributed by atoms with Gasteiger partial charge in [-0.25, -0.2) is 23.2 Å². The molecule has 56 heavy (non-hydrogen) atoms. The number of hydrogen-bond donors (Lipinski definition) is 3. The van der Waals surface area contributed by atoms with Crippen LogP contribution in [-0.4, -0.2) is 93.2 Å². The van der Waals surface area contributed by atoms with Gasteiger partial charge in [0.2, 0.25) is 33.4 Å². The van der Waals surface area contributed by atoms with Crippen LogP contribution >= 0.6 is 0 Å². The molecule has 2 aromatic rings. The van der Waals surface area contributed by atoms with E-state index in [4.69, 9.17) is 9.47 Å². The van der Waals surface area contributed by atoms with E-state index in [9.17, 15) is 40.8 Å². The molecule has 2 aliphatic heterocycles. The maximum absolute atomic E-state index is 14.8. The van der Waals surface area contributed by atoms with Crippen molar-refractivity contribution in [1.82, 2.24) is 35.2 Å². The van der Waals surface area contributed by atoms with Gasteiger partial charge in [0, 0.05) is 18.5 Å². The molecule has 15 nitrogen and oxygen atoms in total. The zero-order valence-corrected chi connectivity index (χ0v) is 32.7. The zero-order valence-electron chi connectivity index (χ0n) is 31.9. The average Bonchev–Trinajstić information content (AvgIpc) is 4.03. The molecule has 2 aromatic heterocycles. The first-order valence-electron chi connectivity index (χ1n) is 18.9. The highest BCUT2D eigenvalue weighted by atomic mass is 32.2. The van der Waals surface area contributed by atoms with E-state index < -0.39 is 105 Å². The van der Waals surface area contributed by atoms with Crippen LogP contribution in [0, 0.1) is 17.8 Å². The van der Waals surface area contributed by atoms with E-state index >= 15 is 0 Å². The molecule has 2 aliphatic carbocycles. The molecule has 3 N–H and O–H groups in total. The Morgan fingerprint density at radius 3 is 2.50 bits per heavy atom. The number of alkyl halides is 3. The summed E-state index contributed by atoms with van der Waals surface area (Å²) in [6.07, 6.45) is 0.588. The molecule has 3 fully saturated rings. The standard InChI is InChI=1S/C37H48F3N7O8S/c1-6-21-16-20(2)10-7-8-11-22-18-36(22,33(50)46-56(52,53)24-13-14-24)45-30(48)26-17-23(19-47(26)32(49)27(21)43-34(51)55-35(3,4)5)54-31-28(37(38,39)40)42-25-12-9-15-41-29(25)44-31/h8-9,11-12,15,20-24,26-27H,6-7,10,13-14,16-19H2,1-5H3,(H,43,51)(H,45,48)(H,46,50). The van der Waals surface area contributed by atoms with Gasteiger partial charge in [-0.3, -0.25) is 19.1 Å². The van der Waals surface area contributed by atoms with Crippen LogP contribution in [0.5, 0.6) is 5.88 Å². The second-order valence-corrected chi connectivity index (χ2v) is 18.2. The molecule has 0 spiro atoms. The number of pyridine rings is 1. The Bertz CT molecular complexity index is 2000. The number of nitrogens with zero attached hydrogens (tertiary/aromatic N) is 4. The monoisotopic (exact) mass is 807 g/mol. The van der Waals surface area contributed by atoms with E-state index in [0.29, 0.717) is 38.5 Å². The molecule has 4 heterocycles. The maximum atomic E-state index is 14.8. The number of aromatic nitrogens is 3. The van der Waals surface area contributed by atoms with Crippen LogP contribution in [0.4, 0.5) is 18.0 Å². The minimum atomic E-state index is -5.00. The highest BCUT2D eigenvalue weighted by Gasteiger charge is 2.62. The normalized spacial score (nSPS) is 29.0. The molecule has 306 valence electrons. The molecular weight excluding hydrogens is 760 g/mol. The summed E-state index contributed by atoms with van der Waals surface area (Å²) in [4.78, 5) is 69.0. The van der Waals surface area contributed by atoms with E-state index in [0.717, 1.165) is 4.90 Å². The summed E-state index contributed by atoms with van der Waals surface area (Å²) in [6.45, 7) is 8.44. The molecule has 2 saturated carbocycles. The van der Waals surface area contributed by atoms with E-state index in [1.165, 1.54) is 18.3 Å². The fourth-order valence-electron chi connectivity index (χ4n) is 7.45. The van der Waals surface area contributed by atoms with Crippen molar-refractivity contribution >= 4 is 45.0 Å². The fourth-order valence-corrected chi connectivity index (χ4v) is 8.82. The Kier molecular flexibility index (Phi) is 11.3. The lowest BCUT2D eigenvalue weighted by molar-refractivity contribution is -0.143. The number of alkyl carbamates (subject to hydrolysis) is 1. The number of carbonyl (C=O) groups is 4. The zero-order chi connectivity index (χ0) is 40.8. The summed E-state index contributed by atoms with van der Waals surface area (Å²) in [5.41, 5.74) is -4.27. The van der Waals surface area contributed by atoms with Gasteiger partial charge < -0.3 is 25.0 Å². The van der Waals surface area contributed by atoms with E-state index in [2.05, 4.69) is 30.3 Å². The van der Waals surface area contributed by atoms with Gasteiger partial charge in [-0.2, -0.15) is 18.2 Å². The number of allylic oxidation sites excluding steroid dienone is 1. The van der Waals surface area contributed by atoms with Gasteiger partial charge in [0.25, 0.3) is 5.91 Å².